The molecular weight excluding hydrogens is 288 g/mol. The topological polar surface area (TPSA) is 53.0 Å². The lowest BCUT2D eigenvalue weighted by Gasteiger charge is -2.65. The molecule has 0 amide bonds. The first kappa shape index (κ1) is 15.2. The first-order chi connectivity index (χ1) is 10.7. The van der Waals surface area contributed by atoms with Crippen LogP contribution in [0.5, 0.6) is 0 Å². The van der Waals surface area contributed by atoms with Crippen LogP contribution in [0.25, 0.3) is 0 Å². The van der Waals surface area contributed by atoms with Gasteiger partial charge in [0.1, 0.15) is 0 Å². The number of hydrogen-bond acceptors (Lipinski definition) is 3. The number of rotatable bonds is 0. The SMILES string of the molecule is CC1(C)[C@H](O)[C@@H](O)C[C@]2(C)[C@@H]1CC[C@]13C[C@H](CC[C@H]21)[C@]1(C)O[C@H]31. The van der Waals surface area contributed by atoms with Crippen molar-refractivity contribution in [2.45, 2.75) is 90.1 Å². The fourth-order valence-electron chi connectivity index (χ4n) is 8.51. The van der Waals surface area contributed by atoms with Gasteiger partial charge in [0.15, 0.2) is 0 Å². The van der Waals surface area contributed by atoms with Crippen LogP contribution >= 0.6 is 0 Å². The minimum atomic E-state index is -0.586. The van der Waals surface area contributed by atoms with E-state index in [0.29, 0.717) is 23.4 Å². The Bertz CT molecular complexity index is 559. The van der Waals surface area contributed by atoms with Crippen molar-refractivity contribution in [2.24, 2.45) is 34.0 Å². The molecule has 0 aromatic carbocycles. The summed E-state index contributed by atoms with van der Waals surface area (Å²) in [6.07, 6.45) is 6.46. The van der Waals surface area contributed by atoms with Gasteiger partial charge in [0.25, 0.3) is 0 Å². The largest absolute Gasteiger partial charge is 0.390 e. The van der Waals surface area contributed by atoms with Crippen molar-refractivity contribution in [1.82, 2.24) is 0 Å². The molecule has 2 N–H and O–H groups in total. The fraction of sp³-hybridized carbons (Fsp3) is 1.00. The molecule has 0 aromatic rings. The lowest BCUT2D eigenvalue weighted by Crippen LogP contribution is -2.64. The van der Waals surface area contributed by atoms with E-state index < -0.39 is 12.2 Å². The Hall–Kier alpha value is -0.120. The maximum atomic E-state index is 10.6. The Labute approximate surface area is 139 Å². The summed E-state index contributed by atoms with van der Waals surface area (Å²) in [6, 6.07) is 0. The number of ether oxygens (including phenoxy) is 1. The quantitative estimate of drug-likeness (QED) is 0.674. The van der Waals surface area contributed by atoms with Crippen LogP contribution in [-0.2, 0) is 4.74 Å². The van der Waals surface area contributed by atoms with E-state index in [0.717, 1.165) is 12.3 Å². The average Bonchev–Trinajstić information content (AvgIpc) is 3.14. The Morgan fingerprint density at radius 1 is 0.913 bits per heavy atom. The van der Waals surface area contributed by atoms with Gasteiger partial charge in [-0.1, -0.05) is 20.8 Å². The summed E-state index contributed by atoms with van der Waals surface area (Å²) < 4.78 is 6.28. The summed E-state index contributed by atoms with van der Waals surface area (Å²) in [6.45, 7) is 9.13. The molecule has 0 unspecified atom stereocenters. The van der Waals surface area contributed by atoms with E-state index in [1.807, 2.05) is 0 Å². The second kappa shape index (κ2) is 3.99. The highest BCUT2D eigenvalue weighted by atomic mass is 16.6. The number of fused-ring (bicyclic) bond motifs is 5. The molecule has 23 heavy (non-hydrogen) atoms. The van der Waals surface area contributed by atoms with Gasteiger partial charge < -0.3 is 14.9 Å². The predicted octanol–water partition coefficient (Wildman–Crippen LogP) is 3.13. The van der Waals surface area contributed by atoms with E-state index in [1.165, 1.54) is 32.1 Å². The molecular formula is C20H32O3. The highest BCUT2D eigenvalue weighted by Gasteiger charge is 2.79. The first-order valence-electron chi connectivity index (χ1n) is 9.70. The fourth-order valence-corrected chi connectivity index (χ4v) is 8.51. The monoisotopic (exact) mass is 320 g/mol. The van der Waals surface area contributed by atoms with Crippen LogP contribution < -0.4 is 0 Å². The van der Waals surface area contributed by atoms with Crippen LogP contribution in [0.2, 0.25) is 0 Å². The molecule has 2 bridgehead atoms. The summed E-state index contributed by atoms with van der Waals surface area (Å²) in [5.41, 5.74) is 0.473. The van der Waals surface area contributed by atoms with Crippen molar-refractivity contribution in [3.05, 3.63) is 0 Å². The van der Waals surface area contributed by atoms with Crippen LogP contribution in [0.15, 0.2) is 0 Å². The molecule has 5 aliphatic rings. The number of aliphatic hydroxyl groups is 2. The maximum Gasteiger partial charge on any atom is 0.0954 e. The van der Waals surface area contributed by atoms with Crippen LogP contribution in [0.3, 0.4) is 0 Å². The summed E-state index contributed by atoms with van der Waals surface area (Å²) in [5.74, 6) is 1.92. The van der Waals surface area contributed by atoms with Crippen LogP contribution in [0, 0.1) is 34.0 Å². The molecule has 0 radical (unpaired) electrons. The van der Waals surface area contributed by atoms with Gasteiger partial charge in [-0.05, 0) is 74.0 Å². The molecule has 0 aromatic heterocycles. The first-order valence-corrected chi connectivity index (χ1v) is 9.70. The standard InChI is InChI=1S/C20H32O3/c1-17(2)13-7-8-20-9-11(19(4)16(20)23-19)5-6-14(20)18(13,3)10-12(21)15(17)22/h11-16,21-22H,5-10H2,1-4H3/t11-,12-,13+,14+,15+,16-,18+,19-,20-/m0/s1. The molecule has 3 heteroatoms. The van der Waals surface area contributed by atoms with Gasteiger partial charge in [-0.15, -0.1) is 0 Å². The van der Waals surface area contributed by atoms with Crippen molar-refractivity contribution < 1.29 is 14.9 Å². The molecule has 5 rings (SSSR count). The van der Waals surface area contributed by atoms with Gasteiger partial charge in [-0.3, -0.25) is 0 Å². The smallest absolute Gasteiger partial charge is 0.0954 e. The molecule has 1 saturated heterocycles. The van der Waals surface area contributed by atoms with E-state index >= 15 is 0 Å². The zero-order chi connectivity index (χ0) is 16.4. The highest BCUT2D eigenvalue weighted by Crippen LogP contribution is 2.77. The maximum absolute atomic E-state index is 10.6. The van der Waals surface area contributed by atoms with Gasteiger partial charge in [0, 0.05) is 5.41 Å². The third-order valence-electron chi connectivity index (χ3n) is 9.46. The molecule has 9 atom stereocenters. The van der Waals surface area contributed by atoms with E-state index in [9.17, 15) is 10.2 Å². The second-order valence-corrected chi connectivity index (χ2v) is 10.6. The highest BCUT2D eigenvalue weighted by molar-refractivity contribution is 5.27. The Morgan fingerprint density at radius 3 is 2.39 bits per heavy atom. The van der Waals surface area contributed by atoms with Crippen molar-refractivity contribution in [2.75, 3.05) is 0 Å². The van der Waals surface area contributed by atoms with E-state index in [4.69, 9.17) is 4.74 Å². The Kier molecular flexibility index (Phi) is 2.63. The molecule has 4 saturated carbocycles. The third-order valence-corrected chi connectivity index (χ3v) is 9.46. The zero-order valence-corrected chi connectivity index (χ0v) is 15.0. The average molecular weight is 320 g/mol. The van der Waals surface area contributed by atoms with Crippen LogP contribution in [0.4, 0.5) is 0 Å². The van der Waals surface area contributed by atoms with Gasteiger partial charge in [0.2, 0.25) is 0 Å². The second-order valence-electron chi connectivity index (χ2n) is 10.6. The van der Waals surface area contributed by atoms with Gasteiger partial charge in [-0.25, -0.2) is 0 Å². The Morgan fingerprint density at radius 2 is 1.65 bits per heavy atom. The van der Waals surface area contributed by atoms with Crippen molar-refractivity contribution >= 4 is 0 Å². The van der Waals surface area contributed by atoms with Crippen LogP contribution in [-0.4, -0.2) is 34.1 Å². The third kappa shape index (κ3) is 1.50. The zero-order valence-electron chi connectivity index (χ0n) is 15.0. The molecule has 3 nitrogen and oxygen atoms in total. The van der Waals surface area contributed by atoms with Gasteiger partial charge in [-0.2, -0.15) is 0 Å². The lowest BCUT2D eigenvalue weighted by molar-refractivity contribution is -0.224. The summed E-state index contributed by atoms with van der Waals surface area (Å²) in [4.78, 5) is 0. The van der Waals surface area contributed by atoms with E-state index in [-0.39, 0.29) is 16.4 Å². The van der Waals surface area contributed by atoms with Crippen molar-refractivity contribution in [3.63, 3.8) is 0 Å². The summed E-state index contributed by atoms with van der Waals surface area (Å²) in [7, 11) is 0. The van der Waals surface area contributed by atoms with E-state index in [2.05, 4.69) is 27.7 Å². The molecule has 1 spiro atoms. The normalized spacial score (nSPS) is 65.5. The lowest BCUT2D eigenvalue weighted by atomic mass is 9.40. The van der Waals surface area contributed by atoms with Crippen molar-refractivity contribution in [3.8, 4) is 0 Å². The predicted molar refractivity (Wildman–Crippen MR) is 87.8 cm³/mol. The van der Waals surface area contributed by atoms with Crippen molar-refractivity contribution in [1.29, 1.82) is 0 Å². The minimum absolute atomic E-state index is 0.141. The minimum Gasteiger partial charge on any atom is -0.390 e. The molecule has 5 fully saturated rings. The summed E-state index contributed by atoms with van der Waals surface area (Å²) >= 11 is 0. The van der Waals surface area contributed by atoms with Gasteiger partial charge >= 0.3 is 0 Å². The van der Waals surface area contributed by atoms with Gasteiger partial charge in [0.05, 0.1) is 23.9 Å². The molecule has 1 heterocycles. The molecule has 130 valence electrons. The molecule has 1 aliphatic heterocycles. The Balaban J connectivity index is 1.59. The number of aliphatic hydroxyl groups excluding tert-OH is 2. The number of epoxide rings is 1. The molecule has 4 aliphatic carbocycles. The van der Waals surface area contributed by atoms with E-state index in [1.54, 1.807) is 0 Å². The summed E-state index contributed by atoms with van der Waals surface area (Å²) in [5, 5.41) is 21.2. The number of hydrogen-bond donors (Lipinski definition) is 2. The van der Waals surface area contributed by atoms with Crippen LogP contribution in [0.1, 0.15) is 66.2 Å².